The van der Waals surface area contributed by atoms with Crippen LogP contribution in [0.2, 0.25) is 0 Å². The third-order valence-electron chi connectivity index (χ3n) is 3.91. The number of methoxy groups -OCH3 is 2. The standard InChI is InChI=1S/C20H15BrF2O2/c1-24-19-6-4-3-5-13(19)14-10-15(18(23)11-17(14)22)16-9-12(21)7-8-20(16)25-2/h3-11H,1-2H3. The smallest absolute Gasteiger partial charge is 0.134 e. The molecule has 0 atom stereocenters. The van der Waals surface area contributed by atoms with Gasteiger partial charge < -0.3 is 9.47 Å². The average molecular weight is 405 g/mol. The van der Waals surface area contributed by atoms with Crippen molar-refractivity contribution in [3.63, 3.8) is 0 Å². The molecule has 0 unspecified atom stereocenters. The molecule has 0 saturated carbocycles. The normalized spacial score (nSPS) is 10.6. The first-order valence-electron chi connectivity index (χ1n) is 7.51. The van der Waals surface area contributed by atoms with Crippen molar-refractivity contribution in [3.8, 4) is 33.8 Å². The van der Waals surface area contributed by atoms with E-state index in [-0.39, 0.29) is 11.1 Å². The number of benzene rings is 3. The van der Waals surface area contributed by atoms with Crippen LogP contribution >= 0.6 is 15.9 Å². The highest BCUT2D eigenvalue weighted by atomic mass is 79.9. The largest absolute Gasteiger partial charge is 0.496 e. The van der Waals surface area contributed by atoms with Crippen molar-refractivity contribution in [3.05, 3.63) is 70.7 Å². The number of para-hydroxylation sites is 1. The number of ether oxygens (including phenoxy) is 2. The first-order valence-corrected chi connectivity index (χ1v) is 8.30. The van der Waals surface area contributed by atoms with Crippen molar-refractivity contribution in [1.82, 2.24) is 0 Å². The average Bonchev–Trinajstić information content (AvgIpc) is 2.62. The number of halogens is 3. The molecule has 0 aliphatic rings. The summed E-state index contributed by atoms with van der Waals surface area (Å²) in [4.78, 5) is 0. The van der Waals surface area contributed by atoms with Crippen LogP contribution < -0.4 is 9.47 Å². The maximum atomic E-state index is 14.5. The van der Waals surface area contributed by atoms with Crippen LogP contribution in [0.3, 0.4) is 0 Å². The third-order valence-corrected chi connectivity index (χ3v) is 4.40. The zero-order valence-corrected chi connectivity index (χ0v) is 15.2. The van der Waals surface area contributed by atoms with Crippen LogP contribution in [0.1, 0.15) is 0 Å². The van der Waals surface area contributed by atoms with Gasteiger partial charge in [-0.3, -0.25) is 0 Å². The molecule has 0 radical (unpaired) electrons. The van der Waals surface area contributed by atoms with E-state index in [1.165, 1.54) is 20.3 Å². The quantitative estimate of drug-likeness (QED) is 0.524. The van der Waals surface area contributed by atoms with Crippen molar-refractivity contribution < 1.29 is 18.3 Å². The van der Waals surface area contributed by atoms with Crippen molar-refractivity contribution in [2.45, 2.75) is 0 Å². The summed E-state index contributed by atoms with van der Waals surface area (Å²) >= 11 is 3.38. The molecule has 2 nitrogen and oxygen atoms in total. The summed E-state index contributed by atoms with van der Waals surface area (Å²) in [5, 5.41) is 0. The summed E-state index contributed by atoms with van der Waals surface area (Å²) in [7, 11) is 3.02. The van der Waals surface area contributed by atoms with Gasteiger partial charge in [0.2, 0.25) is 0 Å². The van der Waals surface area contributed by atoms with Crippen LogP contribution in [0.25, 0.3) is 22.3 Å². The van der Waals surface area contributed by atoms with Gasteiger partial charge in [0.25, 0.3) is 0 Å². The first kappa shape index (κ1) is 17.4. The zero-order chi connectivity index (χ0) is 18.0. The van der Waals surface area contributed by atoms with Gasteiger partial charge in [0.1, 0.15) is 23.1 Å². The molecule has 0 N–H and O–H groups in total. The van der Waals surface area contributed by atoms with E-state index in [1.54, 1.807) is 42.5 Å². The summed E-state index contributed by atoms with van der Waals surface area (Å²) in [5.41, 5.74) is 1.60. The van der Waals surface area contributed by atoms with Gasteiger partial charge in [-0.2, -0.15) is 0 Å². The van der Waals surface area contributed by atoms with Gasteiger partial charge in [0.05, 0.1) is 14.2 Å². The summed E-state index contributed by atoms with van der Waals surface area (Å²) in [5.74, 6) is -0.299. The SMILES string of the molecule is COc1ccccc1-c1cc(-c2cc(Br)ccc2OC)c(F)cc1F. The van der Waals surface area contributed by atoms with E-state index in [9.17, 15) is 8.78 Å². The molecule has 0 aliphatic heterocycles. The van der Waals surface area contributed by atoms with Crippen LogP contribution in [0.5, 0.6) is 11.5 Å². The molecular formula is C20H15BrF2O2. The highest BCUT2D eigenvalue weighted by Gasteiger charge is 2.18. The topological polar surface area (TPSA) is 18.5 Å². The lowest BCUT2D eigenvalue weighted by molar-refractivity contribution is 0.416. The molecule has 3 aromatic rings. The van der Waals surface area contributed by atoms with E-state index in [2.05, 4.69) is 15.9 Å². The maximum absolute atomic E-state index is 14.5. The van der Waals surface area contributed by atoms with E-state index in [4.69, 9.17) is 9.47 Å². The molecule has 0 spiro atoms. The Balaban J connectivity index is 2.26. The maximum Gasteiger partial charge on any atom is 0.134 e. The molecule has 5 heteroatoms. The molecule has 128 valence electrons. The molecule has 0 fully saturated rings. The van der Waals surface area contributed by atoms with Gasteiger partial charge in [-0.25, -0.2) is 8.78 Å². The molecule has 3 aromatic carbocycles. The molecule has 0 aromatic heterocycles. The van der Waals surface area contributed by atoms with Crippen LogP contribution in [-0.2, 0) is 0 Å². The van der Waals surface area contributed by atoms with Gasteiger partial charge in [-0.05, 0) is 30.3 Å². The predicted octanol–water partition coefficient (Wildman–Crippen LogP) is 6.08. The number of hydrogen-bond acceptors (Lipinski definition) is 2. The minimum atomic E-state index is -0.660. The number of hydrogen-bond donors (Lipinski definition) is 0. The first-order chi connectivity index (χ1) is 12.0. The minimum absolute atomic E-state index is 0.250. The fraction of sp³-hybridized carbons (Fsp3) is 0.100. The summed E-state index contributed by atoms with van der Waals surface area (Å²) in [6.07, 6.45) is 0. The Kier molecular flexibility index (Phi) is 5.04. The molecule has 3 rings (SSSR count). The molecule has 0 saturated heterocycles. The monoisotopic (exact) mass is 404 g/mol. The Morgan fingerprint density at radius 2 is 1.28 bits per heavy atom. The Labute approximate surface area is 153 Å². The van der Waals surface area contributed by atoms with E-state index in [0.717, 1.165) is 10.5 Å². The molecular weight excluding hydrogens is 390 g/mol. The van der Waals surface area contributed by atoms with E-state index >= 15 is 0 Å². The van der Waals surface area contributed by atoms with Crippen LogP contribution in [0, 0.1) is 11.6 Å². The fourth-order valence-corrected chi connectivity index (χ4v) is 3.08. The lowest BCUT2D eigenvalue weighted by atomic mass is 9.97. The van der Waals surface area contributed by atoms with E-state index < -0.39 is 11.6 Å². The van der Waals surface area contributed by atoms with Gasteiger partial charge in [0.15, 0.2) is 0 Å². The molecule has 0 aliphatic carbocycles. The predicted molar refractivity (Wildman–Crippen MR) is 98.0 cm³/mol. The Morgan fingerprint density at radius 1 is 0.680 bits per heavy atom. The van der Waals surface area contributed by atoms with Crippen LogP contribution in [0.15, 0.2) is 59.1 Å². The van der Waals surface area contributed by atoms with Crippen molar-refractivity contribution in [2.24, 2.45) is 0 Å². The van der Waals surface area contributed by atoms with Crippen LogP contribution in [0.4, 0.5) is 8.78 Å². The van der Waals surface area contributed by atoms with Gasteiger partial charge in [-0.1, -0.05) is 34.1 Å². The Morgan fingerprint density at radius 3 is 1.96 bits per heavy atom. The van der Waals surface area contributed by atoms with Crippen molar-refractivity contribution in [1.29, 1.82) is 0 Å². The van der Waals surface area contributed by atoms with Crippen LogP contribution in [-0.4, -0.2) is 14.2 Å². The molecule has 0 heterocycles. The lowest BCUT2D eigenvalue weighted by Crippen LogP contribution is -1.96. The van der Waals surface area contributed by atoms with Crippen molar-refractivity contribution in [2.75, 3.05) is 14.2 Å². The Bertz CT molecular complexity index is 926. The summed E-state index contributed by atoms with van der Waals surface area (Å²) in [6.45, 7) is 0. The third kappa shape index (κ3) is 3.37. The Hall–Kier alpha value is -2.40. The fourth-order valence-electron chi connectivity index (χ4n) is 2.72. The highest BCUT2D eigenvalue weighted by molar-refractivity contribution is 9.10. The molecule has 0 bridgehead atoms. The highest BCUT2D eigenvalue weighted by Crippen LogP contribution is 2.39. The number of rotatable bonds is 4. The van der Waals surface area contributed by atoms with Gasteiger partial charge in [-0.15, -0.1) is 0 Å². The van der Waals surface area contributed by atoms with E-state index in [1.807, 2.05) is 0 Å². The van der Waals surface area contributed by atoms with E-state index in [0.29, 0.717) is 22.6 Å². The van der Waals surface area contributed by atoms with Crippen molar-refractivity contribution >= 4 is 15.9 Å². The second-order valence-corrected chi connectivity index (χ2v) is 6.27. The van der Waals surface area contributed by atoms with Gasteiger partial charge >= 0.3 is 0 Å². The molecule has 0 amide bonds. The zero-order valence-electron chi connectivity index (χ0n) is 13.6. The summed E-state index contributed by atoms with van der Waals surface area (Å²) in [6, 6.07) is 14.7. The minimum Gasteiger partial charge on any atom is -0.496 e. The lowest BCUT2D eigenvalue weighted by Gasteiger charge is -2.14. The second kappa shape index (κ2) is 7.23. The van der Waals surface area contributed by atoms with Gasteiger partial charge in [0, 0.05) is 32.8 Å². The molecule has 25 heavy (non-hydrogen) atoms. The summed E-state index contributed by atoms with van der Waals surface area (Å²) < 4.78 is 40.4. The second-order valence-electron chi connectivity index (χ2n) is 5.36.